The molecule has 0 aliphatic carbocycles. The van der Waals surface area contributed by atoms with Gasteiger partial charge in [0.2, 0.25) is 0 Å². The molecule has 0 saturated carbocycles. The third kappa shape index (κ3) is 4.17. The molecule has 10 aromatic carbocycles. The summed E-state index contributed by atoms with van der Waals surface area (Å²) < 4.78 is 9.09. The molecule has 1 aliphatic heterocycles. The normalized spacial score (nSPS) is 12.9. The van der Waals surface area contributed by atoms with E-state index in [0.717, 1.165) is 89.0 Å². The Hall–Kier alpha value is -8.15. The van der Waals surface area contributed by atoms with Gasteiger partial charge < -0.3 is 14.2 Å². The average Bonchev–Trinajstić information content (AvgIpc) is 3.90. The molecule has 5 heteroatoms. The Labute approximate surface area is 343 Å². The Morgan fingerprint density at radius 2 is 0.867 bits per heavy atom. The van der Waals surface area contributed by atoms with E-state index in [1.807, 2.05) is 6.07 Å². The lowest BCUT2D eigenvalue weighted by atomic mass is 9.92. The number of furan rings is 1. The van der Waals surface area contributed by atoms with Crippen molar-refractivity contribution < 1.29 is 4.42 Å². The molecule has 0 spiro atoms. The summed E-state index contributed by atoms with van der Waals surface area (Å²) in [6.45, 7) is 0. The maximum absolute atomic E-state index is 6.78. The minimum absolute atomic E-state index is 0.865. The molecule has 0 unspecified atom stereocenters. The molecule has 0 fully saturated rings. The molecular formula is C55H32N4O. The van der Waals surface area contributed by atoms with Crippen LogP contribution in [0.4, 0.5) is 34.1 Å². The topological polar surface area (TPSA) is 36.9 Å². The predicted octanol–water partition coefficient (Wildman–Crippen LogP) is 15.4. The first-order chi connectivity index (χ1) is 29.8. The molecule has 1 aliphatic rings. The third-order valence-corrected chi connectivity index (χ3v) is 12.8. The fourth-order valence-corrected chi connectivity index (χ4v) is 10.3. The van der Waals surface area contributed by atoms with Crippen molar-refractivity contribution in [2.45, 2.75) is 0 Å². The number of rotatable bonds is 2. The van der Waals surface area contributed by atoms with Gasteiger partial charge in [0.1, 0.15) is 11.2 Å². The van der Waals surface area contributed by atoms with Crippen molar-refractivity contribution in [3.05, 3.63) is 194 Å². The summed E-state index contributed by atoms with van der Waals surface area (Å²) in [4.78, 5) is 10.1. The summed E-state index contributed by atoms with van der Waals surface area (Å²) in [5, 5.41) is 13.1. The van der Waals surface area contributed by atoms with Gasteiger partial charge in [-0.1, -0.05) is 121 Å². The van der Waals surface area contributed by atoms with Gasteiger partial charge in [-0.05, 0) is 110 Å². The van der Waals surface area contributed by atoms with Gasteiger partial charge in [0.05, 0.1) is 45.0 Å². The van der Waals surface area contributed by atoms with Crippen LogP contribution in [0.5, 0.6) is 0 Å². The van der Waals surface area contributed by atoms with E-state index < -0.39 is 0 Å². The second-order valence-electron chi connectivity index (χ2n) is 15.9. The number of fused-ring (bicyclic) bond motifs is 19. The van der Waals surface area contributed by atoms with Crippen LogP contribution in [0.3, 0.4) is 0 Å². The lowest BCUT2D eigenvalue weighted by Crippen LogP contribution is -2.24. The molecular weight excluding hydrogens is 733 g/mol. The molecule has 0 bridgehead atoms. The van der Waals surface area contributed by atoms with E-state index >= 15 is 0 Å². The monoisotopic (exact) mass is 764 g/mol. The van der Waals surface area contributed by atoms with Gasteiger partial charge in [-0.25, -0.2) is 4.98 Å². The van der Waals surface area contributed by atoms with Crippen molar-refractivity contribution >= 4 is 127 Å². The Morgan fingerprint density at radius 3 is 1.62 bits per heavy atom. The summed E-state index contributed by atoms with van der Waals surface area (Å²) in [5.41, 5.74) is 12.3. The number of benzene rings is 10. The summed E-state index contributed by atoms with van der Waals surface area (Å²) in [6, 6.07) is 70.2. The molecule has 0 amide bonds. The Morgan fingerprint density at radius 1 is 0.333 bits per heavy atom. The highest BCUT2D eigenvalue weighted by Gasteiger charge is 2.33. The van der Waals surface area contributed by atoms with E-state index in [1.165, 1.54) is 37.7 Å². The molecule has 60 heavy (non-hydrogen) atoms. The van der Waals surface area contributed by atoms with Gasteiger partial charge in [0.25, 0.3) is 0 Å². The van der Waals surface area contributed by atoms with E-state index in [1.54, 1.807) is 0 Å². The standard InChI is InChI=1S/C55H32N4O/c1-3-16-36-34(14-1)35-15-2-4-17-37(35)44-32-52-51(31-43(36)44)57(48-24-10-11-25-49(48)58(52)50-26-13-20-40-39-19-6-12-27-53(39)60-54(40)50)33-28-29-41-42(30-33)38-18-5-8-22-46(38)59-47-23-9-7-21-45(47)56-55(41)59/h1-32H. The summed E-state index contributed by atoms with van der Waals surface area (Å²) in [7, 11) is 0. The van der Waals surface area contributed by atoms with Crippen LogP contribution in [0.2, 0.25) is 0 Å². The van der Waals surface area contributed by atoms with Crippen LogP contribution in [0.15, 0.2) is 199 Å². The largest absolute Gasteiger partial charge is 0.454 e. The van der Waals surface area contributed by atoms with Crippen LogP contribution < -0.4 is 9.80 Å². The van der Waals surface area contributed by atoms with Gasteiger partial charge >= 0.3 is 0 Å². The number of para-hydroxylation sites is 7. The third-order valence-electron chi connectivity index (χ3n) is 12.8. The van der Waals surface area contributed by atoms with Crippen molar-refractivity contribution in [2.24, 2.45) is 0 Å². The maximum Gasteiger partial charge on any atom is 0.159 e. The number of aromatic nitrogens is 2. The number of pyridine rings is 1. The number of nitrogens with zero attached hydrogens (tertiary/aromatic N) is 4. The minimum Gasteiger partial charge on any atom is -0.454 e. The highest BCUT2D eigenvalue weighted by atomic mass is 16.3. The van der Waals surface area contributed by atoms with Gasteiger partial charge in [-0.3, -0.25) is 4.40 Å². The molecule has 14 rings (SSSR count). The molecule has 0 radical (unpaired) electrons. The lowest BCUT2D eigenvalue weighted by molar-refractivity contribution is 0.669. The Kier molecular flexibility index (Phi) is 6.23. The van der Waals surface area contributed by atoms with Gasteiger partial charge in [0, 0.05) is 27.2 Å². The van der Waals surface area contributed by atoms with Crippen LogP contribution >= 0.6 is 0 Å². The lowest BCUT2D eigenvalue weighted by Gasteiger charge is -2.40. The molecule has 0 N–H and O–H groups in total. The Balaban J connectivity index is 1.11. The molecule has 5 nitrogen and oxygen atoms in total. The van der Waals surface area contributed by atoms with Crippen molar-refractivity contribution in [3.63, 3.8) is 0 Å². The molecule has 3 aromatic heterocycles. The average molecular weight is 765 g/mol. The molecule has 278 valence electrons. The smallest absolute Gasteiger partial charge is 0.159 e. The molecule has 0 atom stereocenters. The highest BCUT2D eigenvalue weighted by molar-refractivity contribution is 6.28. The molecule has 4 heterocycles. The van der Waals surface area contributed by atoms with E-state index in [9.17, 15) is 0 Å². The number of hydrogen-bond acceptors (Lipinski definition) is 4. The van der Waals surface area contributed by atoms with E-state index in [2.05, 4.69) is 202 Å². The minimum atomic E-state index is 0.865. The van der Waals surface area contributed by atoms with Crippen molar-refractivity contribution in [2.75, 3.05) is 9.80 Å². The zero-order valence-corrected chi connectivity index (χ0v) is 32.2. The quantitative estimate of drug-likeness (QED) is 0.164. The second kappa shape index (κ2) is 11.7. The van der Waals surface area contributed by atoms with Crippen LogP contribution in [-0.4, -0.2) is 9.38 Å². The zero-order chi connectivity index (χ0) is 39.1. The van der Waals surface area contributed by atoms with Crippen LogP contribution in [0.1, 0.15) is 0 Å². The second-order valence-corrected chi connectivity index (χ2v) is 15.9. The van der Waals surface area contributed by atoms with Crippen LogP contribution in [-0.2, 0) is 0 Å². The predicted molar refractivity (Wildman–Crippen MR) is 250 cm³/mol. The molecule has 0 saturated heterocycles. The Bertz CT molecular complexity index is 3990. The fraction of sp³-hybridized carbons (Fsp3) is 0. The van der Waals surface area contributed by atoms with Gasteiger partial charge in [0.15, 0.2) is 5.58 Å². The maximum atomic E-state index is 6.78. The SMILES string of the molecule is c1ccc2c(c1)N(c1ccc3c(c1)c1ccccc1n1c4ccccc4nc31)c1cc3c4ccccc4c4ccccc4c3cc1N2c1cccc2c1oc1ccccc12. The first-order valence-electron chi connectivity index (χ1n) is 20.5. The summed E-state index contributed by atoms with van der Waals surface area (Å²) in [6.07, 6.45) is 0. The van der Waals surface area contributed by atoms with E-state index in [-0.39, 0.29) is 0 Å². The van der Waals surface area contributed by atoms with Gasteiger partial charge in [-0.2, -0.15) is 0 Å². The number of hydrogen-bond donors (Lipinski definition) is 0. The van der Waals surface area contributed by atoms with Crippen LogP contribution in [0.25, 0.3) is 92.6 Å². The van der Waals surface area contributed by atoms with Crippen molar-refractivity contribution in [3.8, 4) is 0 Å². The van der Waals surface area contributed by atoms with Gasteiger partial charge in [-0.15, -0.1) is 0 Å². The first kappa shape index (κ1) is 31.9. The van der Waals surface area contributed by atoms with Crippen molar-refractivity contribution in [1.82, 2.24) is 9.38 Å². The highest BCUT2D eigenvalue weighted by Crippen LogP contribution is 2.57. The number of imidazole rings is 1. The summed E-state index contributed by atoms with van der Waals surface area (Å²) >= 11 is 0. The fourth-order valence-electron chi connectivity index (χ4n) is 10.3. The van der Waals surface area contributed by atoms with E-state index in [0.29, 0.717) is 0 Å². The zero-order valence-electron chi connectivity index (χ0n) is 32.2. The van der Waals surface area contributed by atoms with E-state index in [4.69, 9.17) is 9.40 Å². The summed E-state index contributed by atoms with van der Waals surface area (Å²) in [5.74, 6) is 0. The molecule has 13 aromatic rings. The van der Waals surface area contributed by atoms with Crippen molar-refractivity contribution in [1.29, 1.82) is 0 Å². The first-order valence-corrected chi connectivity index (χ1v) is 20.5. The van der Waals surface area contributed by atoms with Crippen LogP contribution in [0, 0.1) is 0 Å². The number of anilines is 6.